The van der Waals surface area contributed by atoms with E-state index < -0.39 is 20.0 Å². The number of hydrogen-bond donors (Lipinski definition) is 2. The van der Waals surface area contributed by atoms with Crippen LogP contribution >= 0.6 is 0 Å². The van der Waals surface area contributed by atoms with Crippen molar-refractivity contribution < 1.29 is 14.6 Å². The van der Waals surface area contributed by atoms with E-state index in [0.717, 1.165) is 0 Å². The summed E-state index contributed by atoms with van der Waals surface area (Å²) in [5.74, 6) is 0.0664. The van der Waals surface area contributed by atoms with Crippen LogP contribution in [0.25, 0.3) is 0 Å². The minimum absolute atomic E-state index is 0.0664. The Balaban J connectivity index is 2.65. The predicted molar refractivity (Wildman–Crippen MR) is 72.5 cm³/mol. The molecule has 0 radical (unpaired) electrons. The standard InChI is InChI=1S/C13H28O3Si/c1-9(2)13(15)8-10(11(13)14)16-17(6,7)12(3,4)5/h9-11,14-15H,8H2,1-7H3/t10-,11+,13+/m0/s1. The fourth-order valence-corrected chi connectivity index (χ4v) is 3.28. The molecule has 0 unspecified atom stereocenters. The topological polar surface area (TPSA) is 49.7 Å². The van der Waals surface area contributed by atoms with Gasteiger partial charge in [-0.25, -0.2) is 0 Å². The Hall–Kier alpha value is 0.0969. The van der Waals surface area contributed by atoms with Gasteiger partial charge < -0.3 is 14.6 Å². The van der Waals surface area contributed by atoms with Gasteiger partial charge >= 0.3 is 0 Å². The summed E-state index contributed by atoms with van der Waals surface area (Å²) in [6, 6.07) is 0. The first-order chi connectivity index (χ1) is 7.42. The second-order valence-corrected chi connectivity index (χ2v) is 12.0. The van der Waals surface area contributed by atoms with E-state index in [4.69, 9.17) is 4.43 Å². The molecule has 1 aliphatic carbocycles. The normalized spacial score (nSPS) is 34.9. The van der Waals surface area contributed by atoms with E-state index in [-0.39, 0.29) is 17.1 Å². The molecule has 1 fully saturated rings. The van der Waals surface area contributed by atoms with Gasteiger partial charge in [-0.2, -0.15) is 0 Å². The van der Waals surface area contributed by atoms with E-state index in [1.807, 2.05) is 13.8 Å². The van der Waals surface area contributed by atoms with E-state index in [9.17, 15) is 10.2 Å². The second kappa shape index (κ2) is 4.33. The van der Waals surface area contributed by atoms with Crippen LogP contribution in [0.4, 0.5) is 0 Å². The molecule has 0 aromatic carbocycles. The zero-order chi connectivity index (χ0) is 13.6. The number of aliphatic hydroxyl groups is 2. The second-order valence-electron chi connectivity index (χ2n) is 7.21. The summed E-state index contributed by atoms with van der Waals surface area (Å²) in [6.45, 7) is 14.8. The van der Waals surface area contributed by atoms with Crippen molar-refractivity contribution >= 4 is 8.32 Å². The largest absolute Gasteiger partial charge is 0.411 e. The highest BCUT2D eigenvalue weighted by Gasteiger charge is 2.56. The Morgan fingerprint density at radius 1 is 1.29 bits per heavy atom. The highest BCUT2D eigenvalue weighted by atomic mass is 28.4. The van der Waals surface area contributed by atoms with Crippen molar-refractivity contribution in [1.29, 1.82) is 0 Å². The molecule has 102 valence electrons. The van der Waals surface area contributed by atoms with Crippen LogP contribution in [0.1, 0.15) is 41.0 Å². The van der Waals surface area contributed by atoms with Crippen molar-refractivity contribution in [1.82, 2.24) is 0 Å². The molecule has 0 bridgehead atoms. The lowest BCUT2D eigenvalue weighted by Gasteiger charge is -2.54. The molecule has 0 heterocycles. The zero-order valence-corrected chi connectivity index (χ0v) is 13.2. The van der Waals surface area contributed by atoms with Crippen molar-refractivity contribution in [3.8, 4) is 0 Å². The fraction of sp³-hybridized carbons (Fsp3) is 1.00. The summed E-state index contributed by atoms with van der Waals surface area (Å²) in [4.78, 5) is 0. The minimum atomic E-state index is -1.85. The molecular weight excluding hydrogens is 232 g/mol. The highest BCUT2D eigenvalue weighted by Crippen LogP contribution is 2.45. The molecule has 0 amide bonds. The zero-order valence-electron chi connectivity index (χ0n) is 12.2. The molecule has 1 saturated carbocycles. The van der Waals surface area contributed by atoms with E-state index in [1.54, 1.807) is 0 Å². The van der Waals surface area contributed by atoms with Gasteiger partial charge in [0.1, 0.15) is 6.10 Å². The number of aliphatic hydroxyl groups excluding tert-OH is 1. The Labute approximate surface area is 106 Å². The molecule has 0 spiro atoms. The molecular formula is C13H28O3Si. The van der Waals surface area contributed by atoms with Crippen molar-refractivity contribution in [2.45, 2.75) is 77.0 Å². The summed E-state index contributed by atoms with van der Waals surface area (Å²) >= 11 is 0. The van der Waals surface area contributed by atoms with Gasteiger partial charge in [0.2, 0.25) is 0 Å². The lowest BCUT2D eigenvalue weighted by Crippen LogP contribution is -2.67. The molecule has 3 atom stereocenters. The van der Waals surface area contributed by atoms with Crippen molar-refractivity contribution in [2.75, 3.05) is 0 Å². The number of rotatable bonds is 3. The van der Waals surface area contributed by atoms with Gasteiger partial charge in [0.05, 0.1) is 11.7 Å². The third kappa shape index (κ3) is 2.60. The van der Waals surface area contributed by atoms with Gasteiger partial charge in [-0.1, -0.05) is 34.6 Å². The van der Waals surface area contributed by atoms with Crippen molar-refractivity contribution in [2.24, 2.45) is 5.92 Å². The van der Waals surface area contributed by atoms with E-state index in [2.05, 4.69) is 33.9 Å². The maximum Gasteiger partial charge on any atom is 0.192 e. The van der Waals surface area contributed by atoms with Gasteiger partial charge in [-0.3, -0.25) is 0 Å². The summed E-state index contributed by atoms with van der Waals surface area (Å²) < 4.78 is 6.12. The van der Waals surface area contributed by atoms with Crippen molar-refractivity contribution in [3.63, 3.8) is 0 Å². The van der Waals surface area contributed by atoms with Gasteiger partial charge in [0.25, 0.3) is 0 Å². The molecule has 0 aromatic rings. The van der Waals surface area contributed by atoms with Crippen LogP contribution in [0, 0.1) is 5.92 Å². The Kier molecular flexibility index (Phi) is 3.86. The molecule has 17 heavy (non-hydrogen) atoms. The molecule has 0 aliphatic heterocycles. The van der Waals surface area contributed by atoms with Crippen LogP contribution in [-0.4, -0.2) is 36.3 Å². The minimum Gasteiger partial charge on any atom is -0.411 e. The predicted octanol–water partition coefficient (Wildman–Crippen LogP) is 2.53. The first kappa shape index (κ1) is 15.2. The van der Waals surface area contributed by atoms with Crippen LogP contribution in [-0.2, 0) is 4.43 Å². The molecule has 1 rings (SSSR count). The monoisotopic (exact) mass is 260 g/mol. The maximum atomic E-state index is 10.2. The van der Waals surface area contributed by atoms with Crippen molar-refractivity contribution in [3.05, 3.63) is 0 Å². The lowest BCUT2D eigenvalue weighted by atomic mass is 9.68. The smallest absolute Gasteiger partial charge is 0.192 e. The van der Waals surface area contributed by atoms with Crippen LogP contribution in [0.3, 0.4) is 0 Å². The fourth-order valence-electron chi connectivity index (χ4n) is 1.95. The molecule has 1 aliphatic rings. The van der Waals surface area contributed by atoms with Crippen LogP contribution < -0.4 is 0 Å². The average Bonchev–Trinajstić information content (AvgIpc) is 2.14. The molecule has 2 N–H and O–H groups in total. The number of hydrogen-bond acceptors (Lipinski definition) is 3. The van der Waals surface area contributed by atoms with E-state index in [1.165, 1.54) is 0 Å². The Bertz CT molecular complexity index is 283. The quantitative estimate of drug-likeness (QED) is 0.767. The van der Waals surface area contributed by atoms with Gasteiger partial charge in [-0.15, -0.1) is 0 Å². The summed E-state index contributed by atoms with van der Waals surface area (Å²) in [7, 11) is -1.85. The summed E-state index contributed by atoms with van der Waals surface area (Å²) in [6.07, 6.45) is -0.377. The third-order valence-electron chi connectivity index (χ3n) is 4.64. The van der Waals surface area contributed by atoms with Crippen LogP contribution in [0.15, 0.2) is 0 Å². The summed E-state index contributed by atoms with van der Waals surface area (Å²) in [5.41, 5.74) is -0.951. The Morgan fingerprint density at radius 3 is 2.06 bits per heavy atom. The highest BCUT2D eigenvalue weighted by molar-refractivity contribution is 6.74. The molecule has 0 saturated heterocycles. The van der Waals surface area contributed by atoms with Gasteiger partial charge in [0.15, 0.2) is 8.32 Å². The van der Waals surface area contributed by atoms with E-state index in [0.29, 0.717) is 6.42 Å². The first-order valence-corrected chi connectivity index (χ1v) is 9.41. The summed E-state index contributed by atoms with van der Waals surface area (Å²) in [5, 5.41) is 20.4. The molecule has 0 aromatic heterocycles. The first-order valence-electron chi connectivity index (χ1n) is 6.50. The van der Waals surface area contributed by atoms with Gasteiger partial charge in [-0.05, 0) is 24.1 Å². The average molecular weight is 260 g/mol. The maximum absolute atomic E-state index is 10.2. The van der Waals surface area contributed by atoms with Gasteiger partial charge in [0, 0.05) is 6.42 Å². The molecule has 3 nitrogen and oxygen atoms in total. The van der Waals surface area contributed by atoms with E-state index >= 15 is 0 Å². The van der Waals surface area contributed by atoms with Crippen LogP contribution in [0.2, 0.25) is 18.1 Å². The molecule has 4 heteroatoms. The Morgan fingerprint density at radius 2 is 1.76 bits per heavy atom. The van der Waals surface area contributed by atoms with Crippen LogP contribution in [0.5, 0.6) is 0 Å². The SMILES string of the molecule is CC(C)[C@]1(O)C[C@H](O[Si](C)(C)C(C)(C)C)[C@H]1O. The third-order valence-corrected chi connectivity index (χ3v) is 9.15. The lowest BCUT2D eigenvalue weighted by molar-refractivity contribution is -0.227.